The standard InChI is InChI=1S/C24H25NO/c1-20(17-18-25)19-26-24(21-11-5-2-6-12-21,22-13-7-3-8-14-22)23-15-9-4-10-16-23/h2-16H,1,17-19,25H2. The summed E-state index contributed by atoms with van der Waals surface area (Å²) >= 11 is 0. The van der Waals surface area contributed by atoms with Gasteiger partial charge in [-0.2, -0.15) is 0 Å². The molecule has 0 saturated carbocycles. The Morgan fingerprint density at radius 2 is 1.12 bits per heavy atom. The lowest BCUT2D eigenvalue weighted by Gasteiger charge is -2.36. The van der Waals surface area contributed by atoms with Gasteiger partial charge >= 0.3 is 0 Å². The average Bonchev–Trinajstić information content (AvgIpc) is 2.71. The first-order valence-corrected chi connectivity index (χ1v) is 8.94. The van der Waals surface area contributed by atoms with E-state index in [1.165, 1.54) is 0 Å². The van der Waals surface area contributed by atoms with Gasteiger partial charge < -0.3 is 10.5 Å². The number of benzene rings is 3. The fourth-order valence-electron chi connectivity index (χ4n) is 3.26. The maximum absolute atomic E-state index is 6.65. The number of rotatable bonds is 8. The zero-order chi connectivity index (χ0) is 18.2. The minimum absolute atomic E-state index is 0.454. The highest BCUT2D eigenvalue weighted by molar-refractivity contribution is 5.47. The first-order chi connectivity index (χ1) is 12.8. The van der Waals surface area contributed by atoms with Crippen molar-refractivity contribution in [2.24, 2.45) is 5.73 Å². The van der Waals surface area contributed by atoms with Crippen LogP contribution in [-0.2, 0) is 10.3 Å². The van der Waals surface area contributed by atoms with E-state index in [9.17, 15) is 0 Å². The van der Waals surface area contributed by atoms with Crippen molar-refractivity contribution in [3.8, 4) is 0 Å². The van der Waals surface area contributed by atoms with Crippen LogP contribution in [0.1, 0.15) is 23.1 Å². The zero-order valence-electron chi connectivity index (χ0n) is 15.0. The first kappa shape index (κ1) is 18.1. The van der Waals surface area contributed by atoms with E-state index in [0.717, 1.165) is 28.7 Å². The monoisotopic (exact) mass is 343 g/mol. The van der Waals surface area contributed by atoms with Crippen LogP contribution in [0, 0.1) is 0 Å². The normalized spacial score (nSPS) is 11.3. The smallest absolute Gasteiger partial charge is 0.144 e. The molecule has 26 heavy (non-hydrogen) atoms. The van der Waals surface area contributed by atoms with Gasteiger partial charge in [-0.05, 0) is 29.7 Å². The highest BCUT2D eigenvalue weighted by Gasteiger charge is 2.37. The number of hydrogen-bond acceptors (Lipinski definition) is 2. The maximum atomic E-state index is 6.65. The fraction of sp³-hybridized carbons (Fsp3) is 0.167. The summed E-state index contributed by atoms with van der Waals surface area (Å²) in [6, 6.07) is 31.1. The number of ether oxygens (including phenoxy) is 1. The summed E-state index contributed by atoms with van der Waals surface area (Å²) in [5.74, 6) is 0. The molecular formula is C24H25NO. The lowest BCUT2D eigenvalue weighted by atomic mass is 9.80. The third-order valence-electron chi connectivity index (χ3n) is 4.53. The third-order valence-corrected chi connectivity index (χ3v) is 4.53. The molecule has 0 aromatic heterocycles. The number of nitrogens with two attached hydrogens (primary N) is 1. The molecule has 0 unspecified atom stereocenters. The molecule has 132 valence electrons. The van der Waals surface area contributed by atoms with Gasteiger partial charge in [0.25, 0.3) is 0 Å². The topological polar surface area (TPSA) is 35.2 Å². The van der Waals surface area contributed by atoms with Crippen LogP contribution in [0.25, 0.3) is 0 Å². The Morgan fingerprint density at radius 1 is 0.731 bits per heavy atom. The minimum atomic E-state index is -0.693. The van der Waals surface area contributed by atoms with Crippen molar-refractivity contribution >= 4 is 0 Å². The van der Waals surface area contributed by atoms with E-state index in [1.54, 1.807) is 0 Å². The van der Waals surface area contributed by atoms with Gasteiger partial charge in [0.1, 0.15) is 5.60 Å². The van der Waals surface area contributed by atoms with Crippen LogP contribution in [0.4, 0.5) is 0 Å². The maximum Gasteiger partial charge on any atom is 0.144 e. The molecule has 3 aromatic rings. The average molecular weight is 343 g/mol. The van der Waals surface area contributed by atoms with Crippen molar-refractivity contribution in [2.45, 2.75) is 12.0 Å². The van der Waals surface area contributed by atoms with Gasteiger partial charge in [-0.15, -0.1) is 0 Å². The molecule has 0 atom stereocenters. The molecule has 0 bridgehead atoms. The molecule has 0 heterocycles. The summed E-state index contributed by atoms with van der Waals surface area (Å²) in [5.41, 5.74) is 9.28. The predicted octanol–water partition coefficient (Wildman–Crippen LogP) is 4.90. The molecule has 0 aliphatic carbocycles. The molecule has 0 fully saturated rings. The highest BCUT2D eigenvalue weighted by atomic mass is 16.5. The van der Waals surface area contributed by atoms with Gasteiger partial charge in [0.15, 0.2) is 0 Å². The molecule has 3 rings (SSSR count). The van der Waals surface area contributed by atoms with Crippen molar-refractivity contribution < 1.29 is 4.74 Å². The lowest BCUT2D eigenvalue weighted by Crippen LogP contribution is -2.33. The third kappa shape index (κ3) is 3.77. The van der Waals surface area contributed by atoms with Crippen LogP contribution in [0.15, 0.2) is 103 Å². The van der Waals surface area contributed by atoms with Crippen LogP contribution in [0.2, 0.25) is 0 Å². The van der Waals surface area contributed by atoms with Crippen LogP contribution in [0.5, 0.6) is 0 Å². The second-order valence-electron chi connectivity index (χ2n) is 6.36. The minimum Gasteiger partial charge on any atom is -0.357 e. The Bertz CT molecular complexity index is 716. The van der Waals surface area contributed by atoms with Gasteiger partial charge in [-0.1, -0.05) is 103 Å². The van der Waals surface area contributed by atoms with Crippen molar-refractivity contribution in [1.82, 2.24) is 0 Å². The summed E-state index contributed by atoms with van der Waals surface area (Å²) < 4.78 is 6.65. The highest BCUT2D eigenvalue weighted by Crippen LogP contribution is 2.40. The summed E-state index contributed by atoms with van der Waals surface area (Å²) in [5, 5.41) is 0. The van der Waals surface area contributed by atoms with E-state index in [2.05, 4.69) is 43.0 Å². The first-order valence-electron chi connectivity index (χ1n) is 8.94. The van der Waals surface area contributed by atoms with Crippen molar-refractivity contribution in [2.75, 3.05) is 13.2 Å². The molecule has 3 aromatic carbocycles. The van der Waals surface area contributed by atoms with Crippen LogP contribution in [-0.4, -0.2) is 13.2 Å². The Balaban J connectivity index is 2.16. The molecule has 0 aliphatic heterocycles. The summed E-state index contributed by atoms with van der Waals surface area (Å²) in [6.07, 6.45) is 0.758. The van der Waals surface area contributed by atoms with Gasteiger partial charge in [0, 0.05) is 0 Å². The van der Waals surface area contributed by atoms with E-state index in [0.29, 0.717) is 13.2 Å². The van der Waals surface area contributed by atoms with Crippen molar-refractivity contribution in [3.05, 3.63) is 120 Å². The molecule has 0 aliphatic rings. The van der Waals surface area contributed by atoms with Gasteiger partial charge in [-0.3, -0.25) is 0 Å². The second-order valence-corrected chi connectivity index (χ2v) is 6.36. The Kier molecular flexibility index (Phi) is 6.00. The fourth-order valence-corrected chi connectivity index (χ4v) is 3.26. The van der Waals surface area contributed by atoms with E-state index in [4.69, 9.17) is 10.5 Å². The second kappa shape index (κ2) is 8.61. The lowest BCUT2D eigenvalue weighted by molar-refractivity contribution is 0.0270. The Labute approximate surface area is 155 Å². The van der Waals surface area contributed by atoms with Gasteiger partial charge in [0.2, 0.25) is 0 Å². The van der Waals surface area contributed by atoms with Crippen molar-refractivity contribution in [3.63, 3.8) is 0 Å². The van der Waals surface area contributed by atoms with E-state index in [-0.39, 0.29) is 0 Å². The molecular weight excluding hydrogens is 318 g/mol. The molecule has 2 nitrogen and oxygen atoms in total. The molecule has 0 saturated heterocycles. The summed E-state index contributed by atoms with van der Waals surface area (Å²) in [6.45, 7) is 5.16. The summed E-state index contributed by atoms with van der Waals surface area (Å²) in [7, 11) is 0. The van der Waals surface area contributed by atoms with Gasteiger partial charge in [-0.25, -0.2) is 0 Å². The number of hydrogen-bond donors (Lipinski definition) is 1. The quantitative estimate of drug-likeness (QED) is 0.466. The zero-order valence-corrected chi connectivity index (χ0v) is 15.0. The van der Waals surface area contributed by atoms with E-state index >= 15 is 0 Å². The molecule has 2 heteroatoms. The summed E-state index contributed by atoms with van der Waals surface area (Å²) in [4.78, 5) is 0. The molecule has 0 spiro atoms. The van der Waals surface area contributed by atoms with Crippen LogP contribution in [0.3, 0.4) is 0 Å². The molecule has 0 amide bonds. The van der Waals surface area contributed by atoms with Crippen LogP contribution < -0.4 is 5.73 Å². The molecule has 0 radical (unpaired) electrons. The largest absolute Gasteiger partial charge is 0.357 e. The SMILES string of the molecule is C=C(CCN)COC(c1ccccc1)(c1ccccc1)c1ccccc1. The van der Waals surface area contributed by atoms with E-state index in [1.807, 2.05) is 54.6 Å². The Morgan fingerprint density at radius 3 is 1.46 bits per heavy atom. The Hall–Kier alpha value is -2.68. The van der Waals surface area contributed by atoms with Crippen molar-refractivity contribution in [1.29, 1.82) is 0 Å². The van der Waals surface area contributed by atoms with E-state index < -0.39 is 5.60 Å². The van der Waals surface area contributed by atoms with Crippen LogP contribution >= 0.6 is 0 Å². The molecule has 2 N–H and O–H groups in total. The van der Waals surface area contributed by atoms with Gasteiger partial charge in [0.05, 0.1) is 6.61 Å². The predicted molar refractivity (Wildman–Crippen MR) is 108 cm³/mol.